The number of halogens is 3. The van der Waals surface area contributed by atoms with Crippen LogP contribution in [0, 0.1) is 6.92 Å². The van der Waals surface area contributed by atoms with E-state index in [0.29, 0.717) is 17.1 Å². The predicted octanol–water partition coefficient (Wildman–Crippen LogP) is 4.43. The molecule has 2 aromatic carbocycles. The minimum atomic E-state index is -4.49. The maximum absolute atomic E-state index is 13.1. The van der Waals surface area contributed by atoms with Crippen LogP contribution in [0.2, 0.25) is 0 Å². The third-order valence-electron chi connectivity index (χ3n) is 6.11. The van der Waals surface area contributed by atoms with Gasteiger partial charge in [-0.25, -0.2) is 9.48 Å². The van der Waals surface area contributed by atoms with E-state index in [2.05, 4.69) is 10.4 Å². The number of methoxy groups -OCH3 is 1. The Hall–Kier alpha value is -3.56. The molecule has 1 aliphatic rings. The van der Waals surface area contributed by atoms with E-state index in [1.54, 1.807) is 31.6 Å². The summed E-state index contributed by atoms with van der Waals surface area (Å²) in [6.07, 6.45) is -2.79. The Bertz CT molecular complexity index is 1320. The van der Waals surface area contributed by atoms with Gasteiger partial charge in [-0.1, -0.05) is 12.1 Å². The highest BCUT2D eigenvalue weighted by atomic mass is 19.4. The highest BCUT2D eigenvalue weighted by Gasteiger charge is 2.34. The van der Waals surface area contributed by atoms with Gasteiger partial charge in [-0.15, -0.1) is 5.10 Å². The number of nitrogens with one attached hydrogen (secondary N) is 1. The first kappa shape index (κ1) is 24.6. The SMILES string of the molecule is COc1ccc(-c2nn(CC(=O)NC(C)(C)c3cccc(C(F)(F)F)c3)c(=O)n2C2CC2)c(C)c1. The van der Waals surface area contributed by atoms with Crippen molar-refractivity contribution in [2.75, 3.05) is 7.11 Å². The van der Waals surface area contributed by atoms with E-state index in [0.717, 1.165) is 40.8 Å². The van der Waals surface area contributed by atoms with Crippen molar-refractivity contribution < 1.29 is 22.7 Å². The van der Waals surface area contributed by atoms with Crippen LogP contribution in [0.1, 0.15) is 49.4 Å². The lowest BCUT2D eigenvalue weighted by Gasteiger charge is -2.27. The van der Waals surface area contributed by atoms with Crippen molar-refractivity contribution in [3.63, 3.8) is 0 Å². The molecule has 1 heterocycles. The average Bonchev–Trinajstić information content (AvgIpc) is 3.57. The van der Waals surface area contributed by atoms with Crippen LogP contribution in [0.15, 0.2) is 47.3 Å². The molecule has 1 aliphatic carbocycles. The molecule has 7 nitrogen and oxygen atoms in total. The standard InChI is InChI=1S/C25H27F3N4O3/c1-15-12-19(35-4)10-11-20(15)22-30-31(23(34)32(22)18-8-9-18)14-21(33)29-24(2,3)16-6-5-7-17(13-16)25(26,27)28/h5-7,10-13,18H,8-9,14H2,1-4H3,(H,29,33). The highest BCUT2D eigenvalue weighted by Crippen LogP contribution is 2.37. The van der Waals surface area contributed by atoms with Crippen LogP contribution in [0.25, 0.3) is 11.4 Å². The summed E-state index contributed by atoms with van der Waals surface area (Å²) in [7, 11) is 1.57. The topological polar surface area (TPSA) is 78.2 Å². The first-order chi connectivity index (χ1) is 16.4. The summed E-state index contributed by atoms with van der Waals surface area (Å²) < 4.78 is 47.4. The summed E-state index contributed by atoms with van der Waals surface area (Å²) >= 11 is 0. The summed E-state index contributed by atoms with van der Waals surface area (Å²) in [5, 5.41) is 7.20. The molecule has 1 aromatic heterocycles. The number of amides is 1. The zero-order valence-corrected chi connectivity index (χ0v) is 19.9. The molecule has 0 bridgehead atoms. The number of aromatic nitrogens is 3. The van der Waals surface area contributed by atoms with Crippen LogP contribution < -0.4 is 15.7 Å². The van der Waals surface area contributed by atoms with Gasteiger partial charge in [-0.3, -0.25) is 9.36 Å². The molecule has 1 saturated carbocycles. The van der Waals surface area contributed by atoms with Crippen molar-refractivity contribution in [1.82, 2.24) is 19.7 Å². The van der Waals surface area contributed by atoms with Crippen LogP contribution in [0.5, 0.6) is 5.75 Å². The molecule has 10 heteroatoms. The lowest BCUT2D eigenvalue weighted by Crippen LogP contribution is -2.44. The van der Waals surface area contributed by atoms with Crippen LogP contribution in [0.3, 0.4) is 0 Å². The number of benzene rings is 2. The summed E-state index contributed by atoms with van der Waals surface area (Å²) in [6, 6.07) is 10.3. The molecule has 0 atom stereocenters. The summed E-state index contributed by atoms with van der Waals surface area (Å²) in [6.45, 7) is 4.75. The Morgan fingerprint density at radius 2 is 1.83 bits per heavy atom. The highest BCUT2D eigenvalue weighted by molar-refractivity contribution is 5.76. The maximum atomic E-state index is 13.1. The molecule has 0 unspecified atom stereocenters. The summed E-state index contributed by atoms with van der Waals surface area (Å²) in [4.78, 5) is 26.0. The lowest BCUT2D eigenvalue weighted by molar-refractivity contribution is -0.137. The molecule has 3 aromatic rings. The first-order valence-corrected chi connectivity index (χ1v) is 11.2. The van der Waals surface area contributed by atoms with Gasteiger partial charge >= 0.3 is 11.9 Å². The zero-order chi connectivity index (χ0) is 25.5. The number of ether oxygens (including phenoxy) is 1. The van der Waals surface area contributed by atoms with E-state index in [1.165, 1.54) is 12.1 Å². The van der Waals surface area contributed by atoms with Gasteiger partial charge in [-0.05, 0) is 75.1 Å². The zero-order valence-electron chi connectivity index (χ0n) is 19.9. The number of carbonyl (C=O) groups excluding carboxylic acids is 1. The Morgan fingerprint density at radius 1 is 1.14 bits per heavy atom. The van der Waals surface area contributed by atoms with Crippen molar-refractivity contribution in [3.8, 4) is 17.1 Å². The fourth-order valence-corrected chi connectivity index (χ4v) is 4.06. The van der Waals surface area contributed by atoms with Gasteiger partial charge in [-0.2, -0.15) is 13.2 Å². The lowest BCUT2D eigenvalue weighted by atomic mass is 9.92. The molecule has 0 spiro atoms. The van der Waals surface area contributed by atoms with Crippen molar-refractivity contribution in [1.29, 1.82) is 0 Å². The van der Waals surface area contributed by atoms with Crippen LogP contribution >= 0.6 is 0 Å². The molecule has 0 aliphatic heterocycles. The number of hydrogen-bond donors (Lipinski definition) is 1. The van der Waals surface area contributed by atoms with Crippen molar-refractivity contribution in [2.24, 2.45) is 0 Å². The third-order valence-corrected chi connectivity index (χ3v) is 6.11. The fourth-order valence-electron chi connectivity index (χ4n) is 4.06. The number of aryl methyl sites for hydroxylation is 1. The van der Waals surface area contributed by atoms with Crippen LogP contribution in [-0.4, -0.2) is 27.4 Å². The van der Waals surface area contributed by atoms with Gasteiger partial charge in [0.1, 0.15) is 12.3 Å². The van der Waals surface area contributed by atoms with E-state index in [4.69, 9.17) is 4.74 Å². The van der Waals surface area contributed by atoms with E-state index in [1.807, 2.05) is 19.1 Å². The van der Waals surface area contributed by atoms with Gasteiger partial charge in [0, 0.05) is 11.6 Å². The summed E-state index contributed by atoms with van der Waals surface area (Å²) in [5.41, 5.74) is -0.361. The molecule has 186 valence electrons. The van der Waals surface area contributed by atoms with Gasteiger partial charge in [0.15, 0.2) is 5.82 Å². The normalized spacial score (nSPS) is 14.1. The van der Waals surface area contributed by atoms with E-state index < -0.39 is 28.9 Å². The molecule has 1 amide bonds. The minimum Gasteiger partial charge on any atom is -0.497 e. The second-order valence-corrected chi connectivity index (χ2v) is 9.30. The van der Waals surface area contributed by atoms with Gasteiger partial charge in [0.25, 0.3) is 0 Å². The smallest absolute Gasteiger partial charge is 0.416 e. The van der Waals surface area contributed by atoms with Crippen molar-refractivity contribution in [3.05, 3.63) is 69.6 Å². The summed E-state index contributed by atoms with van der Waals surface area (Å²) in [5.74, 6) is 0.623. The average molecular weight is 489 g/mol. The molecule has 0 saturated heterocycles. The molecular weight excluding hydrogens is 461 g/mol. The minimum absolute atomic E-state index is 0.0253. The number of rotatable bonds is 7. The van der Waals surface area contributed by atoms with Crippen molar-refractivity contribution >= 4 is 5.91 Å². The Balaban J connectivity index is 1.60. The molecule has 0 radical (unpaired) electrons. The number of nitrogens with zero attached hydrogens (tertiary/aromatic N) is 3. The third kappa shape index (κ3) is 5.11. The number of hydrogen-bond acceptors (Lipinski definition) is 4. The van der Waals surface area contributed by atoms with Crippen LogP contribution in [0.4, 0.5) is 13.2 Å². The Kier molecular flexibility index (Phi) is 6.25. The first-order valence-electron chi connectivity index (χ1n) is 11.2. The second kappa shape index (κ2) is 8.90. The molecule has 1 fully saturated rings. The predicted molar refractivity (Wildman–Crippen MR) is 124 cm³/mol. The van der Waals surface area contributed by atoms with E-state index in [9.17, 15) is 22.8 Å². The second-order valence-electron chi connectivity index (χ2n) is 9.30. The Labute approximate surface area is 200 Å². The number of carbonyl (C=O) groups is 1. The maximum Gasteiger partial charge on any atom is 0.416 e. The molecular formula is C25H27F3N4O3. The van der Waals surface area contributed by atoms with Gasteiger partial charge in [0.2, 0.25) is 5.91 Å². The molecule has 4 rings (SSSR count). The largest absolute Gasteiger partial charge is 0.497 e. The van der Waals surface area contributed by atoms with Crippen LogP contribution in [-0.2, 0) is 23.1 Å². The van der Waals surface area contributed by atoms with Gasteiger partial charge in [0.05, 0.1) is 18.2 Å². The Morgan fingerprint density at radius 3 is 2.43 bits per heavy atom. The van der Waals surface area contributed by atoms with Crippen molar-refractivity contribution in [2.45, 2.75) is 57.9 Å². The quantitative estimate of drug-likeness (QED) is 0.534. The molecule has 35 heavy (non-hydrogen) atoms. The van der Waals surface area contributed by atoms with E-state index >= 15 is 0 Å². The number of alkyl halides is 3. The monoisotopic (exact) mass is 488 g/mol. The van der Waals surface area contributed by atoms with Gasteiger partial charge < -0.3 is 10.1 Å². The molecule has 1 N–H and O–H groups in total. The van der Waals surface area contributed by atoms with E-state index in [-0.39, 0.29) is 12.6 Å². The fraction of sp³-hybridized carbons (Fsp3) is 0.400.